The molecule has 1 heterocycles. The standard InChI is InChI=1S/C7H11ClN2O/c1-4(2)7-9-6(5(3)8)10-11-7/h4-5H,1-3H3. The molecule has 1 unspecified atom stereocenters. The van der Waals surface area contributed by atoms with Gasteiger partial charge < -0.3 is 4.52 Å². The molecule has 1 rings (SSSR count). The van der Waals surface area contributed by atoms with E-state index in [-0.39, 0.29) is 11.3 Å². The number of aromatic nitrogens is 2. The zero-order valence-electron chi connectivity index (χ0n) is 6.84. The lowest BCUT2D eigenvalue weighted by atomic mass is 10.2. The van der Waals surface area contributed by atoms with Crippen LogP contribution in [0, 0.1) is 0 Å². The van der Waals surface area contributed by atoms with E-state index in [4.69, 9.17) is 16.1 Å². The predicted octanol–water partition coefficient (Wildman–Crippen LogP) is 2.49. The van der Waals surface area contributed by atoms with Gasteiger partial charge in [-0.1, -0.05) is 19.0 Å². The van der Waals surface area contributed by atoms with Crippen molar-refractivity contribution < 1.29 is 4.52 Å². The van der Waals surface area contributed by atoms with Gasteiger partial charge in [-0.25, -0.2) is 0 Å². The minimum Gasteiger partial charge on any atom is -0.339 e. The summed E-state index contributed by atoms with van der Waals surface area (Å²) in [5.74, 6) is 1.48. The summed E-state index contributed by atoms with van der Waals surface area (Å²) in [4.78, 5) is 4.10. The quantitative estimate of drug-likeness (QED) is 0.647. The Labute approximate surface area is 70.7 Å². The van der Waals surface area contributed by atoms with Gasteiger partial charge in [0.15, 0.2) is 5.82 Å². The number of nitrogens with zero attached hydrogens (tertiary/aromatic N) is 2. The van der Waals surface area contributed by atoms with Crippen molar-refractivity contribution in [2.24, 2.45) is 0 Å². The monoisotopic (exact) mass is 174 g/mol. The van der Waals surface area contributed by atoms with E-state index in [2.05, 4.69) is 10.1 Å². The fourth-order valence-electron chi connectivity index (χ4n) is 0.643. The molecule has 0 radical (unpaired) electrons. The Morgan fingerprint density at radius 2 is 2.00 bits per heavy atom. The second-order valence-electron chi connectivity index (χ2n) is 2.76. The highest BCUT2D eigenvalue weighted by Gasteiger charge is 2.12. The Hall–Kier alpha value is -0.570. The van der Waals surface area contributed by atoms with Crippen molar-refractivity contribution in [3.05, 3.63) is 11.7 Å². The summed E-state index contributed by atoms with van der Waals surface area (Å²) in [6.45, 7) is 5.81. The molecule has 0 spiro atoms. The third-order valence-corrected chi connectivity index (χ3v) is 1.50. The van der Waals surface area contributed by atoms with Gasteiger partial charge in [0.1, 0.15) is 0 Å². The van der Waals surface area contributed by atoms with Gasteiger partial charge in [-0.05, 0) is 6.92 Å². The Morgan fingerprint density at radius 1 is 1.36 bits per heavy atom. The maximum Gasteiger partial charge on any atom is 0.229 e. The van der Waals surface area contributed by atoms with Crippen LogP contribution in [-0.2, 0) is 0 Å². The van der Waals surface area contributed by atoms with Gasteiger partial charge in [-0.15, -0.1) is 11.6 Å². The van der Waals surface area contributed by atoms with Gasteiger partial charge >= 0.3 is 0 Å². The highest BCUT2D eigenvalue weighted by Crippen LogP contribution is 2.18. The van der Waals surface area contributed by atoms with Crippen LogP contribution >= 0.6 is 11.6 Å². The average Bonchev–Trinajstić information content (AvgIpc) is 2.33. The van der Waals surface area contributed by atoms with E-state index < -0.39 is 0 Å². The Morgan fingerprint density at radius 3 is 2.27 bits per heavy atom. The SMILES string of the molecule is CC(C)c1nc(C(C)Cl)no1. The van der Waals surface area contributed by atoms with Crippen molar-refractivity contribution in [3.8, 4) is 0 Å². The van der Waals surface area contributed by atoms with E-state index in [1.807, 2.05) is 20.8 Å². The van der Waals surface area contributed by atoms with Crippen LogP contribution in [0.3, 0.4) is 0 Å². The molecule has 0 aliphatic heterocycles. The summed E-state index contributed by atoms with van der Waals surface area (Å²) in [5.41, 5.74) is 0. The number of hydrogen-bond acceptors (Lipinski definition) is 3. The molecule has 1 aromatic rings. The van der Waals surface area contributed by atoms with Crippen molar-refractivity contribution in [1.82, 2.24) is 10.1 Å². The topological polar surface area (TPSA) is 38.9 Å². The first kappa shape index (κ1) is 8.53. The van der Waals surface area contributed by atoms with Crippen LogP contribution in [0.2, 0.25) is 0 Å². The van der Waals surface area contributed by atoms with Crippen molar-refractivity contribution in [1.29, 1.82) is 0 Å². The van der Waals surface area contributed by atoms with E-state index >= 15 is 0 Å². The van der Waals surface area contributed by atoms with Gasteiger partial charge in [0.05, 0.1) is 5.38 Å². The van der Waals surface area contributed by atoms with Crippen molar-refractivity contribution in [3.63, 3.8) is 0 Å². The molecular weight excluding hydrogens is 164 g/mol. The van der Waals surface area contributed by atoms with Crippen LogP contribution in [0.1, 0.15) is 43.8 Å². The zero-order chi connectivity index (χ0) is 8.43. The molecule has 62 valence electrons. The summed E-state index contributed by atoms with van der Waals surface area (Å²) >= 11 is 5.74. The lowest BCUT2D eigenvalue weighted by molar-refractivity contribution is 0.360. The molecule has 3 nitrogen and oxygen atoms in total. The third kappa shape index (κ3) is 1.93. The molecule has 0 saturated heterocycles. The smallest absolute Gasteiger partial charge is 0.229 e. The Kier molecular flexibility index (Phi) is 2.49. The molecule has 4 heteroatoms. The van der Waals surface area contributed by atoms with Crippen LogP contribution in [0.15, 0.2) is 4.52 Å². The number of hydrogen-bond donors (Lipinski definition) is 0. The molecule has 0 N–H and O–H groups in total. The molecule has 1 atom stereocenters. The molecule has 11 heavy (non-hydrogen) atoms. The Bertz CT molecular complexity index is 210. The van der Waals surface area contributed by atoms with Crippen LogP contribution in [0.4, 0.5) is 0 Å². The minimum absolute atomic E-state index is 0.175. The zero-order valence-corrected chi connectivity index (χ0v) is 7.59. The second kappa shape index (κ2) is 3.22. The summed E-state index contributed by atoms with van der Waals surface area (Å²) < 4.78 is 4.94. The summed E-state index contributed by atoms with van der Waals surface area (Å²) in [6.07, 6.45) is 0. The lowest BCUT2D eigenvalue weighted by Gasteiger charge is -1.93. The summed E-state index contributed by atoms with van der Waals surface area (Å²) in [7, 11) is 0. The first-order chi connectivity index (χ1) is 5.11. The van der Waals surface area contributed by atoms with E-state index in [9.17, 15) is 0 Å². The van der Waals surface area contributed by atoms with E-state index in [0.29, 0.717) is 11.7 Å². The highest BCUT2D eigenvalue weighted by atomic mass is 35.5. The van der Waals surface area contributed by atoms with Gasteiger partial charge in [0.25, 0.3) is 0 Å². The Balaban J connectivity index is 2.82. The van der Waals surface area contributed by atoms with E-state index in [1.54, 1.807) is 0 Å². The highest BCUT2D eigenvalue weighted by molar-refractivity contribution is 6.20. The van der Waals surface area contributed by atoms with Gasteiger partial charge in [0, 0.05) is 5.92 Å². The normalized spacial score (nSPS) is 13.9. The maximum absolute atomic E-state index is 5.74. The van der Waals surface area contributed by atoms with Crippen LogP contribution in [-0.4, -0.2) is 10.1 Å². The molecule has 0 amide bonds. The molecule has 0 saturated carbocycles. The van der Waals surface area contributed by atoms with Crippen LogP contribution in [0.5, 0.6) is 0 Å². The summed E-state index contributed by atoms with van der Waals surface area (Å²) in [5, 5.41) is 3.54. The van der Waals surface area contributed by atoms with Crippen molar-refractivity contribution in [2.75, 3.05) is 0 Å². The second-order valence-corrected chi connectivity index (χ2v) is 3.42. The summed E-state index contributed by atoms with van der Waals surface area (Å²) in [6, 6.07) is 0. The number of alkyl halides is 1. The van der Waals surface area contributed by atoms with Gasteiger partial charge in [-0.2, -0.15) is 4.98 Å². The van der Waals surface area contributed by atoms with Crippen LogP contribution in [0.25, 0.3) is 0 Å². The first-order valence-corrected chi connectivity index (χ1v) is 4.02. The third-order valence-electron chi connectivity index (χ3n) is 1.31. The molecule has 1 aromatic heterocycles. The first-order valence-electron chi connectivity index (χ1n) is 3.59. The molecule has 0 bridgehead atoms. The molecular formula is C7H11ClN2O. The van der Waals surface area contributed by atoms with Crippen molar-refractivity contribution in [2.45, 2.75) is 32.1 Å². The number of rotatable bonds is 2. The molecule has 0 aliphatic carbocycles. The van der Waals surface area contributed by atoms with Crippen molar-refractivity contribution >= 4 is 11.6 Å². The average molecular weight is 175 g/mol. The predicted molar refractivity (Wildman–Crippen MR) is 42.7 cm³/mol. The minimum atomic E-state index is -0.175. The van der Waals surface area contributed by atoms with Gasteiger partial charge in [0.2, 0.25) is 5.89 Å². The lowest BCUT2D eigenvalue weighted by Crippen LogP contribution is -1.89. The van der Waals surface area contributed by atoms with E-state index in [1.165, 1.54) is 0 Å². The number of halogens is 1. The van der Waals surface area contributed by atoms with E-state index in [0.717, 1.165) is 0 Å². The fourth-order valence-corrected chi connectivity index (χ4v) is 0.732. The fraction of sp³-hybridized carbons (Fsp3) is 0.714. The van der Waals surface area contributed by atoms with Gasteiger partial charge in [-0.3, -0.25) is 0 Å². The molecule has 0 aromatic carbocycles. The largest absolute Gasteiger partial charge is 0.339 e. The molecule has 0 fully saturated rings. The van der Waals surface area contributed by atoms with Crippen LogP contribution < -0.4 is 0 Å². The molecule has 0 aliphatic rings. The maximum atomic E-state index is 5.74.